The van der Waals surface area contributed by atoms with Crippen LogP contribution in [0, 0.1) is 12.7 Å². The molecule has 2 rings (SSSR count). The normalized spacial score (nSPS) is 12.7. The van der Waals surface area contributed by atoms with Crippen molar-refractivity contribution in [2.75, 3.05) is 0 Å². The monoisotopic (exact) mass is 281 g/mol. The van der Waals surface area contributed by atoms with Gasteiger partial charge in [0.15, 0.2) is 0 Å². The SMILES string of the molecule is CCn1nc(C)cc1CC(N)c1ccc(F)c(Cl)c1. The van der Waals surface area contributed by atoms with Crippen LogP contribution in [0.15, 0.2) is 24.3 Å². The molecule has 0 amide bonds. The van der Waals surface area contributed by atoms with Crippen LogP contribution in [0.1, 0.15) is 29.9 Å². The molecule has 102 valence electrons. The van der Waals surface area contributed by atoms with Crippen LogP contribution >= 0.6 is 11.6 Å². The first kappa shape index (κ1) is 14.0. The van der Waals surface area contributed by atoms with Crippen molar-refractivity contribution < 1.29 is 4.39 Å². The number of aromatic nitrogens is 2. The second-order valence-corrected chi connectivity index (χ2v) is 4.98. The van der Waals surface area contributed by atoms with E-state index in [0.717, 1.165) is 23.5 Å². The lowest BCUT2D eigenvalue weighted by atomic mass is 10.0. The maximum atomic E-state index is 13.1. The third-order valence-electron chi connectivity index (χ3n) is 3.09. The van der Waals surface area contributed by atoms with Gasteiger partial charge in [0.05, 0.1) is 10.7 Å². The molecule has 0 bridgehead atoms. The summed E-state index contributed by atoms with van der Waals surface area (Å²) in [6.07, 6.45) is 0.649. The van der Waals surface area contributed by atoms with E-state index in [4.69, 9.17) is 17.3 Å². The molecule has 3 nitrogen and oxygen atoms in total. The van der Waals surface area contributed by atoms with Gasteiger partial charge in [-0.2, -0.15) is 5.10 Å². The molecular formula is C14H17ClFN3. The fraction of sp³-hybridized carbons (Fsp3) is 0.357. The Kier molecular flexibility index (Phi) is 4.22. The lowest BCUT2D eigenvalue weighted by molar-refractivity contribution is 0.585. The molecule has 5 heteroatoms. The molecule has 0 saturated carbocycles. The number of nitrogens with two attached hydrogens (primary N) is 1. The van der Waals surface area contributed by atoms with E-state index in [0.29, 0.717) is 6.42 Å². The number of nitrogens with zero attached hydrogens (tertiary/aromatic N) is 2. The average Bonchev–Trinajstić information content (AvgIpc) is 2.72. The Morgan fingerprint density at radius 3 is 2.79 bits per heavy atom. The first-order valence-electron chi connectivity index (χ1n) is 6.25. The lowest BCUT2D eigenvalue weighted by Gasteiger charge is -2.13. The Labute approximate surface area is 117 Å². The number of benzene rings is 1. The van der Waals surface area contributed by atoms with E-state index in [1.165, 1.54) is 6.07 Å². The van der Waals surface area contributed by atoms with Gasteiger partial charge in [-0.05, 0) is 37.6 Å². The van der Waals surface area contributed by atoms with E-state index in [1.807, 2.05) is 24.6 Å². The second-order valence-electron chi connectivity index (χ2n) is 4.58. The van der Waals surface area contributed by atoms with Gasteiger partial charge in [0, 0.05) is 24.7 Å². The predicted octanol–water partition coefficient (Wildman–Crippen LogP) is 3.25. The minimum Gasteiger partial charge on any atom is -0.324 e. The highest BCUT2D eigenvalue weighted by Gasteiger charge is 2.13. The van der Waals surface area contributed by atoms with E-state index < -0.39 is 5.82 Å². The molecule has 0 aliphatic carbocycles. The fourth-order valence-electron chi connectivity index (χ4n) is 2.12. The second kappa shape index (κ2) is 5.72. The molecule has 0 spiro atoms. The standard InChI is InChI=1S/C14H17ClFN3/c1-3-19-11(6-9(2)18-19)8-14(17)10-4-5-13(16)12(15)7-10/h4-7,14H,3,8,17H2,1-2H3. The molecule has 2 N–H and O–H groups in total. The predicted molar refractivity (Wildman–Crippen MR) is 74.7 cm³/mol. The van der Waals surface area contributed by atoms with Crippen LogP contribution in [-0.4, -0.2) is 9.78 Å². The molecule has 1 aromatic heterocycles. The summed E-state index contributed by atoms with van der Waals surface area (Å²) in [6, 6.07) is 6.40. The number of rotatable bonds is 4. The van der Waals surface area contributed by atoms with Crippen molar-refractivity contribution >= 4 is 11.6 Å². The number of aryl methyl sites for hydroxylation is 2. The van der Waals surface area contributed by atoms with Crippen molar-refractivity contribution in [2.24, 2.45) is 5.73 Å². The minimum atomic E-state index is -0.424. The molecule has 2 aromatic rings. The molecule has 0 fully saturated rings. The fourth-order valence-corrected chi connectivity index (χ4v) is 2.31. The number of hydrogen-bond acceptors (Lipinski definition) is 2. The van der Waals surface area contributed by atoms with Crippen LogP contribution in [-0.2, 0) is 13.0 Å². The van der Waals surface area contributed by atoms with Crippen LogP contribution < -0.4 is 5.73 Å². The Morgan fingerprint density at radius 2 is 2.16 bits per heavy atom. The molecule has 1 unspecified atom stereocenters. The summed E-state index contributed by atoms with van der Waals surface area (Å²) in [7, 11) is 0. The highest BCUT2D eigenvalue weighted by molar-refractivity contribution is 6.30. The number of hydrogen-bond donors (Lipinski definition) is 1. The molecular weight excluding hydrogens is 265 g/mol. The highest BCUT2D eigenvalue weighted by atomic mass is 35.5. The largest absolute Gasteiger partial charge is 0.324 e. The summed E-state index contributed by atoms with van der Waals surface area (Å²) in [6.45, 7) is 4.80. The van der Waals surface area contributed by atoms with Crippen molar-refractivity contribution in [1.82, 2.24) is 9.78 Å². The average molecular weight is 282 g/mol. The van der Waals surface area contributed by atoms with Crippen LogP contribution in [0.4, 0.5) is 4.39 Å². The van der Waals surface area contributed by atoms with E-state index in [-0.39, 0.29) is 11.1 Å². The van der Waals surface area contributed by atoms with Crippen LogP contribution in [0.2, 0.25) is 5.02 Å². The van der Waals surface area contributed by atoms with Crippen LogP contribution in [0.25, 0.3) is 0 Å². The van der Waals surface area contributed by atoms with Gasteiger partial charge in [-0.1, -0.05) is 17.7 Å². The summed E-state index contributed by atoms with van der Waals surface area (Å²) >= 11 is 5.78. The van der Waals surface area contributed by atoms with Gasteiger partial charge < -0.3 is 5.73 Å². The van der Waals surface area contributed by atoms with Crippen LogP contribution in [0.5, 0.6) is 0 Å². The zero-order chi connectivity index (χ0) is 14.0. The molecule has 0 aliphatic heterocycles. The van der Waals surface area contributed by atoms with Crippen molar-refractivity contribution in [3.05, 3.63) is 52.1 Å². The molecule has 0 saturated heterocycles. The third-order valence-corrected chi connectivity index (χ3v) is 3.38. The summed E-state index contributed by atoms with van der Waals surface area (Å²) < 4.78 is 15.1. The topological polar surface area (TPSA) is 43.8 Å². The smallest absolute Gasteiger partial charge is 0.141 e. The minimum absolute atomic E-state index is 0.105. The molecule has 1 heterocycles. The zero-order valence-corrected chi connectivity index (χ0v) is 11.8. The van der Waals surface area contributed by atoms with E-state index >= 15 is 0 Å². The number of halogens is 2. The van der Waals surface area contributed by atoms with Crippen LogP contribution in [0.3, 0.4) is 0 Å². The van der Waals surface area contributed by atoms with Gasteiger partial charge in [0.1, 0.15) is 5.82 Å². The van der Waals surface area contributed by atoms with Gasteiger partial charge in [-0.15, -0.1) is 0 Å². The maximum absolute atomic E-state index is 13.1. The molecule has 1 aromatic carbocycles. The van der Waals surface area contributed by atoms with Gasteiger partial charge in [-0.25, -0.2) is 4.39 Å². The maximum Gasteiger partial charge on any atom is 0.141 e. The highest BCUT2D eigenvalue weighted by Crippen LogP contribution is 2.22. The van der Waals surface area contributed by atoms with Gasteiger partial charge in [0.25, 0.3) is 0 Å². The summed E-state index contributed by atoms with van der Waals surface area (Å²) in [5, 5.41) is 4.49. The Bertz CT molecular complexity index is 580. The van der Waals surface area contributed by atoms with Gasteiger partial charge >= 0.3 is 0 Å². The van der Waals surface area contributed by atoms with E-state index in [2.05, 4.69) is 5.10 Å². The van der Waals surface area contributed by atoms with Gasteiger partial charge in [0.2, 0.25) is 0 Å². The van der Waals surface area contributed by atoms with E-state index in [9.17, 15) is 4.39 Å². The first-order valence-corrected chi connectivity index (χ1v) is 6.63. The Hall–Kier alpha value is -1.39. The summed E-state index contributed by atoms with van der Waals surface area (Å²) in [5.74, 6) is -0.424. The summed E-state index contributed by atoms with van der Waals surface area (Å²) in [4.78, 5) is 0. The van der Waals surface area contributed by atoms with Crippen molar-refractivity contribution in [2.45, 2.75) is 32.9 Å². The quantitative estimate of drug-likeness (QED) is 0.935. The summed E-state index contributed by atoms with van der Waals surface area (Å²) in [5.41, 5.74) is 9.03. The third kappa shape index (κ3) is 3.14. The molecule has 1 atom stereocenters. The first-order chi connectivity index (χ1) is 9.01. The van der Waals surface area contributed by atoms with Crippen molar-refractivity contribution in [3.8, 4) is 0 Å². The molecule has 19 heavy (non-hydrogen) atoms. The van der Waals surface area contributed by atoms with E-state index in [1.54, 1.807) is 12.1 Å². The van der Waals surface area contributed by atoms with Crippen molar-refractivity contribution in [3.63, 3.8) is 0 Å². The lowest BCUT2D eigenvalue weighted by Crippen LogP contribution is -2.16. The molecule has 0 radical (unpaired) electrons. The van der Waals surface area contributed by atoms with Crippen molar-refractivity contribution in [1.29, 1.82) is 0 Å². The zero-order valence-electron chi connectivity index (χ0n) is 11.0. The Morgan fingerprint density at radius 1 is 1.42 bits per heavy atom. The molecule has 0 aliphatic rings. The Balaban J connectivity index is 2.20. The van der Waals surface area contributed by atoms with Gasteiger partial charge in [-0.3, -0.25) is 4.68 Å².